The van der Waals surface area contributed by atoms with E-state index in [9.17, 15) is 4.79 Å². The fourth-order valence-corrected chi connectivity index (χ4v) is 1.85. The first kappa shape index (κ1) is 11.4. The highest BCUT2D eigenvalue weighted by Gasteiger charge is 2.07. The third-order valence-corrected chi connectivity index (χ3v) is 2.73. The molecule has 0 saturated heterocycles. The van der Waals surface area contributed by atoms with E-state index in [4.69, 9.17) is 14.7 Å². The van der Waals surface area contributed by atoms with Crippen LogP contribution in [0, 0.1) is 6.92 Å². The summed E-state index contributed by atoms with van der Waals surface area (Å²) in [6, 6.07) is 5.16. The van der Waals surface area contributed by atoms with Gasteiger partial charge in [0, 0.05) is 12.1 Å². The van der Waals surface area contributed by atoms with Crippen molar-refractivity contribution < 1.29 is 8.94 Å². The van der Waals surface area contributed by atoms with Gasteiger partial charge in [0.2, 0.25) is 0 Å². The number of nitrogen functional groups attached to an aromatic ring is 1. The molecule has 2 aromatic heterocycles. The van der Waals surface area contributed by atoms with Crippen molar-refractivity contribution in [3.05, 3.63) is 40.2 Å². The molecule has 0 aliphatic carbocycles. The minimum Gasteiger partial charge on any atom is -0.408 e. The van der Waals surface area contributed by atoms with Crippen molar-refractivity contribution in [2.75, 3.05) is 11.1 Å². The Bertz CT molecular complexity index is 784. The van der Waals surface area contributed by atoms with Crippen LogP contribution in [0.15, 0.2) is 31.9 Å². The first-order valence-corrected chi connectivity index (χ1v) is 5.70. The topological polar surface area (TPSA) is 110 Å². The summed E-state index contributed by atoms with van der Waals surface area (Å²) < 4.78 is 9.90. The van der Waals surface area contributed by atoms with E-state index < -0.39 is 5.76 Å². The number of nitrogens with two attached hydrogens (primary N) is 1. The van der Waals surface area contributed by atoms with E-state index in [1.807, 2.05) is 13.0 Å². The number of hydrogen-bond donors (Lipinski definition) is 3. The van der Waals surface area contributed by atoms with Crippen molar-refractivity contribution >= 4 is 22.5 Å². The molecule has 0 saturated carbocycles. The molecule has 0 aliphatic heterocycles. The normalized spacial score (nSPS) is 11.0. The van der Waals surface area contributed by atoms with Crippen LogP contribution in [0.1, 0.15) is 11.5 Å². The van der Waals surface area contributed by atoms with Gasteiger partial charge in [-0.25, -0.2) is 4.79 Å². The second-order valence-corrected chi connectivity index (χ2v) is 4.23. The van der Waals surface area contributed by atoms with Crippen molar-refractivity contribution in [1.29, 1.82) is 0 Å². The number of aryl methyl sites for hydroxylation is 1. The van der Waals surface area contributed by atoms with E-state index in [2.05, 4.69) is 15.5 Å². The number of H-pyrrole nitrogens is 1. The van der Waals surface area contributed by atoms with Crippen molar-refractivity contribution in [3.8, 4) is 0 Å². The Labute approximate surface area is 107 Å². The Morgan fingerprint density at radius 1 is 1.42 bits per heavy atom. The number of aromatic amines is 1. The van der Waals surface area contributed by atoms with Crippen molar-refractivity contribution in [2.45, 2.75) is 13.5 Å². The number of hydrogen-bond acceptors (Lipinski definition) is 6. The van der Waals surface area contributed by atoms with Gasteiger partial charge in [-0.15, -0.1) is 0 Å². The molecule has 19 heavy (non-hydrogen) atoms. The van der Waals surface area contributed by atoms with Gasteiger partial charge in [-0.1, -0.05) is 5.16 Å². The smallest absolute Gasteiger partial charge is 0.408 e. The molecule has 3 aromatic rings. The summed E-state index contributed by atoms with van der Waals surface area (Å²) in [6.45, 7) is 2.31. The zero-order chi connectivity index (χ0) is 13.4. The number of aromatic nitrogens is 2. The second kappa shape index (κ2) is 4.20. The summed E-state index contributed by atoms with van der Waals surface area (Å²) in [6.07, 6.45) is 0. The number of nitrogens with zero attached hydrogens (tertiary/aromatic N) is 1. The molecule has 0 radical (unpaired) electrons. The zero-order valence-electron chi connectivity index (χ0n) is 10.2. The van der Waals surface area contributed by atoms with E-state index in [-0.39, 0.29) is 0 Å². The molecular formula is C12H12N4O3. The number of anilines is 2. The lowest BCUT2D eigenvalue weighted by Crippen LogP contribution is -2.02. The lowest BCUT2D eigenvalue weighted by molar-refractivity contribution is 0.391. The molecule has 0 bridgehead atoms. The summed E-state index contributed by atoms with van der Waals surface area (Å²) in [5.41, 5.74) is 8.88. The predicted octanol–water partition coefficient (Wildman–Crippen LogP) is 1.61. The summed E-state index contributed by atoms with van der Waals surface area (Å²) in [5.74, 6) is 0.248. The van der Waals surface area contributed by atoms with Crippen LogP contribution in [0.4, 0.5) is 11.4 Å². The first-order chi connectivity index (χ1) is 9.11. The Morgan fingerprint density at radius 3 is 3.00 bits per heavy atom. The molecule has 0 spiro atoms. The standard InChI is InChI=1S/C12H12N4O3/c1-6-2-7(16-19-6)5-14-9-4-10-11(3-8(9)13)18-12(17)15-10/h2-4,14H,5,13H2,1H3,(H,15,17). The van der Waals surface area contributed by atoms with Crippen molar-refractivity contribution in [2.24, 2.45) is 0 Å². The molecule has 1 aromatic carbocycles. The highest BCUT2D eigenvalue weighted by Crippen LogP contribution is 2.24. The summed E-state index contributed by atoms with van der Waals surface area (Å²) >= 11 is 0. The molecule has 0 unspecified atom stereocenters. The van der Waals surface area contributed by atoms with Gasteiger partial charge in [0.1, 0.15) is 11.5 Å². The van der Waals surface area contributed by atoms with Gasteiger partial charge >= 0.3 is 5.76 Å². The maximum atomic E-state index is 11.1. The first-order valence-electron chi connectivity index (χ1n) is 5.70. The second-order valence-electron chi connectivity index (χ2n) is 4.23. The minimum atomic E-state index is -0.501. The quantitative estimate of drug-likeness (QED) is 0.617. The lowest BCUT2D eigenvalue weighted by atomic mass is 10.2. The molecule has 0 amide bonds. The number of fused-ring (bicyclic) bond motifs is 1. The third kappa shape index (κ3) is 2.17. The molecule has 7 nitrogen and oxygen atoms in total. The van der Waals surface area contributed by atoms with Crippen LogP contribution in [-0.2, 0) is 6.54 Å². The third-order valence-electron chi connectivity index (χ3n) is 2.73. The van der Waals surface area contributed by atoms with E-state index in [1.165, 1.54) is 0 Å². The zero-order valence-corrected chi connectivity index (χ0v) is 10.2. The highest BCUT2D eigenvalue weighted by atomic mass is 16.5. The molecule has 4 N–H and O–H groups in total. The average molecular weight is 260 g/mol. The van der Waals surface area contributed by atoms with Crippen LogP contribution < -0.4 is 16.8 Å². The lowest BCUT2D eigenvalue weighted by Gasteiger charge is -2.07. The average Bonchev–Trinajstić information content (AvgIpc) is 2.91. The van der Waals surface area contributed by atoms with Crippen LogP contribution in [0.5, 0.6) is 0 Å². The van der Waals surface area contributed by atoms with Gasteiger partial charge in [-0.2, -0.15) is 0 Å². The Kier molecular flexibility index (Phi) is 2.52. The van der Waals surface area contributed by atoms with Crippen LogP contribution in [-0.4, -0.2) is 10.1 Å². The number of rotatable bonds is 3. The summed E-state index contributed by atoms with van der Waals surface area (Å²) in [7, 11) is 0. The fourth-order valence-electron chi connectivity index (χ4n) is 1.85. The fraction of sp³-hybridized carbons (Fsp3) is 0.167. The van der Waals surface area contributed by atoms with Crippen LogP contribution in [0.2, 0.25) is 0 Å². The summed E-state index contributed by atoms with van der Waals surface area (Å²) in [5, 5.41) is 7.01. The Balaban J connectivity index is 1.87. The minimum absolute atomic E-state index is 0.435. The maximum absolute atomic E-state index is 11.1. The monoisotopic (exact) mass is 260 g/mol. The highest BCUT2D eigenvalue weighted by molar-refractivity contribution is 5.85. The van der Waals surface area contributed by atoms with Crippen molar-refractivity contribution in [1.82, 2.24) is 10.1 Å². The van der Waals surface area contributed by atoms with E-state index in [0.717, 1.165) is 11.5 Å². The van der Waals surface area contributed by atoms with Gasteiger partial charge in [-0.05, 0) is 13.0 Å². The van der Waals surface area contributed by atoms with Gasteiger partial charge in [0.25, 0.3) is 0 Å². The summed E-state index contributed by atoms with van der Waals surface area (Å²) in [4.78, 5) is 13.7. The molecule has 2 heterocycles. The van der Waals surface area contributed by atoms with E-state index in [0.29, 0.717) is 29.0 Å². The van der Waals surface area contributed by atoms with Gasteiger partial charge in [0.05, 0.1) is 23.4 Å². The largest absolute Gasteiger partial charge is 0.417 e. The number of benzene rings is 1. The Morgan fingerprint density at radius 2 is 2.26 bits per heavy atom. The van der Waals surface area contributed by atoms with Gasteiger partial charge in [0.15, 0.2) is 5.58 Å². The molecular weight excluding hydrogens is 248 g/mol. The molecule has 0 aliphatic rings. The molecule has 3 rings (SSSR count). The maximum Gasteiger partial charge on any atom is 0.417 e. The van der Waals surface area contributed by atoms with E-state index >= 15 is 0 Å². The molecule has 98 valence electrons. The predicted molar refractivity (Wildman–Crippen MR) is 69.8 cm³/mol. The molecule has 7 heteroatoms. The van der Waals surface area contributed by atoms with Gasteiger partial charge in [-0.3, -0.25) is 4.98 Å². The van der Waals surface area contributed by atoms with Crippen molar-refractivity contribution in [3.63, 3.8) is 0 Å². The number of nitrogens with one attached hydrogen (secondary N) is 2. The van der Waals surface area contributed by atoms with Crippen LogP contribution in [0.3, 0.4) is 0 Å². The van der Waals surface area contributed by atoms with Crippen LogP contribution >= 0.6 is 0 Å². The van der Waals surface area contributed by atoms with Gasteiger partial charge < -0.3 is 20.0 Å². The number of oxazole rings is 1. The van der Waals surface area contributed by atoms with E-state index in [1.54, 1.807) is 12.1 Å². The van der Waals surface area contributed by atoms with Crippen LogP contribution in [0.25, 0.3) is 11.1 Å². The Hall–Kier alpha value is -2.70. The SMILES string of the molecule is Cc1cc(CNc2cc3[nH]c(=O)oc3cc2N)no1. The molecule has 0 fully saturated rings. The molecule has 0 atom stereocenters.